The summed E-state index contributed by atoms with van der Waals surface area (Å²) >= 11 is 0. The van der Waals surface area contributed by atoms with Gasteiger partial charge in [-0.1, -0.05) is 19.8 Å². The maximum atomic E-state index is 8.94. The van der Waals surface area contributed by atoms with E-state index in [9.17, 15) is 0 Å². The Morgan fingerprint density at radius 2 is 1.93 bits per heavy atom. The highest BCUT2D eigenvalue weighted by Gasteiger charge is 2.20. The lowest BCUT2D eigenvalue weighted by Crippen LogP contribution is -2.40. The number of hydrogen-bond acceptors (Lipinski definition) is 2. The smallest absolute Gasteiger partial charge is 0.0582 e. The molecule has 0 radical (unpaired) electrons. The fourth-order valence-corrected chi connectivity index (χ4v) is 2.48. The van der Waals surface area contributed by atoms with Crippen molar-refractivity contribution in [2.24, 2.45) is 5.92 Å². The molecule has 0 aliphatic heterocycles. The largest absolute Gasteiger partial charge is 0.395 e. The molecule has 0 heterocycles. The Morgan fingerprint density at radius 3 is 2.43 bits per heavy atom. The number of nitrogens with one attached hydrogen (secondary N) is 1. The predicted octanol–water partition coefficient (Wildman–Crippen LogP) is 2.32. The van der Waals surface area contributed by atoms with Crippen molar-refractivity contribution in [3.8, 4) is 0 Å². The Hall–Kier alpha value is -0.0800. The van der Waals surface area contributed by atoms with E-state index >= 15 is 0 Å². The highest BCUT2D eigenvalue weighted by Crippen LogP contribution is 2.27. The maximum Gasteiger partial charge on any atom is 0.0582 e. The van der Waals surface area contributed by atoms with Crippen LogP contribution in [0.1, 0.15) is 52.4 Å². The van der Waals surface area contributed by atoms with Crippen molar-refractivity contribution >= 4 is 0 Å². The van der Waals surface area contributed by atoms with Gasteiger partial charge in [0.2, 0.25) is 0 Å². The summed E-state index contributed by atoms with van der Waals surface area (Å²) in [7, 11) is 0. The number of aliphatic hydroxyl groups excluding tert-OH is 1. The normalized spacial score (nSPS) is 30.2. The number of aliphatic hydroxyl groups is 1. The van der Waals surface area contributed by atoms with Crippen LogP contribution in [0.5, 0.6) is 0 Å². The van der Waals surface area contributed by atoms with Crippen LogP contribution in [0.15, 0.2) is 0 Å². The van der Waals surface area contributed by atoms with Gasteiger partial charge in [-0.2, -0.15) is 0 Å². The van der Waals surface area contributed by atoms with E-state index in [4.69, 9.17) is 5.11 Å². The summed E-state index contributed by atoms with van der Waals surface area (Å²) in [5, 5.41) is 12.4. The third-order valence-corrected chi connectivity index (χ3v) is 3.34. The van der Waals surface area contributed by atoms with Gasteiger partial charge in [0, 0.05) is 12.1 Å². The van der Waals surface area contributed by atoms with Gasteiger partial charge in [0.1, 0.15) is 0 Å². The quantitative estimate of drug-likeness (QED) is 0.712. The molecular weight excluding hydrogens is 174 g/mol. The van der Waals surface area contributed by atoms with E-state index < -0.39 is 0 Å². The Morgan fingerprint density at radius 1 is 1.29 bits per heavy atom. The highest BCUT2D eigenvalue weighted by molar-refractivity contribution is 4.78. The lowest BCUT2D eigenvalue weighted by molar-refractivity contribution is 0.212. The first-order valence-corrected chi connectivity index (χ1v) is 6.13. The molecule has 0 aromatic heterocycles. The molecule has 1 atom stereocenters. The average molecular weight is 199 g/mol. The molecule has 1 aliphatic carbocycles. The molecule has 1 saturated carbocycles. The molecule has 1 fully saturated rings. The molecule has 2 nitrogen and oxygen atoms in total. The minimum Gasteiger partial charge on any atom is -0.395 e. The predicted molar refractivity (Wildman–Crippen MR) is 60.3 cm³/mol. The molecule has 2 N–H and O–H groups in total. The molecule has 0 aromatic rings. The van der Waals surface area contributed by atoms with Crippen molar-refractivity contribution in [2.45, 2.75) is 64.5 Å². The summed E-state index contributed by atoms with van der Waals surface area (Å²) < 4.78 is 0. The van der Waals surface area contributed by atoms with E-state index in [1.807, 2.05) is 0 Å². The van der Waals surface area contributed by atoms with Gasteiger partial charge in [0.15, 0.2) is 0 Å². The fourth-order valence-electron chi connectivity index (χ4n) is 2.48. The van der Waals surface area contributed by atoms with Crippen LogP contribution in [0.25, 0.3) is 0 Å². The zero-order valence-electron chi connectivity index (χ0n) is 9.63. The molecular formula is C12H25NO. The van der Waals surface area contributed by atoms with E-state index in [1.54, 1.807) is 0 Å². The molecule has 2 heteroatoms. The topological polar surface area (TPSA) is 32.3 Å². The highest BCUT2D eigenvalue weighted by atomic mass is 16.3. The third kappa shape index (κ3) is 3.97. The molecule has 0 amide bonds. The summed E-state index contributed by atoms with van der Waals surface area (Å²) in [5.41, 5.74) is 0. The van der Waals surface area contributed by atoms with E-state index in [0.29, 0.717) is 6.04 Å². The van der Waals surface area contributed by atoms with Gasteiger partial charge < -0.3 is 10.4 Å². The van der Waals surface area contributed by atoms with Gasteiger partial charge in [0.05, 0.1) is 6.61 Å². The zero-order chi connectivity index (χ0) is 10.4. The summed E-state index contributed by atoms with van der Waals surface area (Å²) in [6.45, 7) is 4.59. The SMILES string of the molecule is CCCC1CCC(N[C@@H](C)CO)CC1. The third-order valence-electron chi connectivity index (χ3n) is 3.34. The lowest BCUT2D eigenvalue weighted by atomic mass is 9.83. The van der Waals surface area contributed by atoms with Crippen LogP contribution in [0.3, 0.4) is 0 Å². The molecule has 0 bridgehead atoms. The minimum absolute atomic E-state index is 0.259. The van der Waals surface area contributed by atoms with Gasteiger partial charge in [0.25, 0.3) is 0 Å². The summed E-state index contributed by atoms with van der Waals surface area (Å²) in [5.74, 6) is 0.975. The first kappa shape index (κ1) is 12.0. The molecule has 0 aromatic carbocycles. The van der Waals surface area contributed by atoms with Crippen molar-refractivity contribution in [3.63, 3.8) is 0 Å². The first-order valence-electron chi connectivity index (χ1n) is 6.13. The van der Waals surface area contributed by atoms with Crippen LogP contribution in [0.4, 0.5) is 0 Å². The Bertz CT molecular complexity index is 141. The summed E-state index contributed by atoms with van der Waals surface area (Å²) in [6.07, 6.45) is 8.09. The second kappa shape index (κ2) is 6.41. The van der Waals surface area contributed by atoms with Gasteiger partial charge in [-0.05, 0) is 38.5 Å². The van der Waals surface area contributed by atoms with Crippen molar-refractivity contribution in [1.82, 2.24) is 5.32 Å². The molecule has 14 heavy (non-hydrogen) atoms. The zero-order valence-corrected chi connectivity index (χ0v) is 9.63. The number of hydrogen-bond donors (Lipinski definition) is 2. The summed E-state index contributed by atoms with van der Waals surface area (Å²) in [6, 6.07) is 0.924. The lowest BCUT2D eigenvalue weighted by Gasteiger charge is -2.30. The minimum atomic E-state index is 0.259. The molecule has 0 spiro atoms. The fraction of sp³-hybridized carbons (Fsp3) is 1.00. The Balaban J connectivity index is 2.15. The van der Waals surface area contributed by atoms with E-state index in [0.717, 1.165) is 5.92 Å². The first-order chi connectivity index (χ1) is 6.76. The van der Waals surface area contributed by atoms with Crippen LogP contribution in [-0.4, -0.2) is 23.8 Å². The van der Waals surface area contributed by atoms with Crippen molar-refractivity contribution < 1.29 is 5.11 Å². The van der Waals surface area contributed by atoms with E-state index in [2.05, 4.69) is 19.2 Å². The van der Waals surface area contributed by atoms with E-state index in [1.165, 1.54) is 38.5 Å². The van der Waals surface area contributed by atoms with Crippen LogP contribution in [-0.2, 0) is 0 Å². The van der Waals surface area contributed by atoms with Gasteiger partial charge >= 0.3 is 0 Å². The number of rotatable bonds is 5. The molecule has 84 valence electrons. The second-order valence-electron chi connectivity index (χ2n) is 4.76. The molecule has 0 unspecified atom stereocenters. The van der Waals surface area contributed by atoms with Gasteiger partial charge in [-0.25, -0.2) is 0 Å². The molecule has 0 saturated heterocycles. The summed E-state index contributed by atoms with van der Waals surface area (Å²) in [4.78, 5) is 0. The van der Waals surface area contributed by atoms with Crippen molar-refractivity contribution in [2.75, 3.05) is 6.61 Å². The van der Waals surface area contributed by atoms with Crippen LogP contribution < -0.4 is 5.32 Å². The molecule has 1 aliphatic rings. The van der Waals surface area contributed by atoms with E-state index in [-0.39, 0.29) is 12.6 Å². The van der Waals surface area contributed by atoms with Crippen LogP contribution >= 0.6 is 0 Å². The van der Waals surface area contributed by atoms with Crippen LogP contribution in [0.2, 0.25) is 0 Å². The monoisotopic (exact) mass is 199 g/mol. The second-order valence-corrected chi connectivity index (χ2v) is 4.76. The average Bonchev–Trinajstić information content (AvgIpc) is 2.21. The Kier molecular flexibility index (Phi) is 5.49. The Labute approximate surface area is 88.1 Å². The standard InChI is InChI=1S/C12H25NO/c1-3-4-11-5-7-12(8-6-11)13-10(2)9-14/h10-14H,3-9H2,1-2H3/t10-,11?,12?/m0/s1. The van der Waals surface area contributed by atoms with Gasteiger partial charge in [-0.15, -0.1) is 0 Å². The maximum absolute atomic E-state index is 8.94. The van der Waals surface area contributed by atoms with Crippen molar-refractivity contribution in [1.29, 1.82) is 0 Å². The van der Waals surface area contributed by atoms with Crippen molar-refractivity contribution in [3.05, 3.63) is 0 Å². The molecule has 1 rings (SSSR count). The van der Waals surface area contributed by atoms with Crippen LogP contribution in [0, 0.1) is 5.92 Å². The van der Waals surface area contributed by atoms with Gasteiger partial charge in [-0.3, -0.25) is 0 Å².